The van der Waals surface area contributed by atoms with Gasteiger partial charge in [-0.1, -0.05) is 48.0 Å². The minimum absolute atomic E-state index is 0.368. The molecule has 1 saturated heterocycles. The Kier molecular flexibility index (Phi) is 6.13. The first-order chi connectivity index (χ1) is 8.34. The molecule has 1 aliphatic rings. The van der Waals surface area contributed by atoms with Crippen molar-refractivity contribution in [2.24, 2.45) is 11.3 Å². The molecule has 1 heterocycles. The molecule has 1 rings (SSSR count). The number of nitrogens with one attached hydrogen (secondary N) is 1. The first kappa shape index (κ1) is 16.0. The van der Waals surface area contributed by atoms with Crippen LogP contribution in [0.1, 0.15) is 60.8 Å². The largest absolute Gasteiger partial charge is 0.311 e. The molecule has 1 aliphatic heterocycles. The van der Waals surface area contributed by atoms with Crippen LogP contribution in [0.15, 0.2) is 0 Å². The second-order valence-corrected chi connectivity index (χ2v) is 7.45. The highest BCUT2D eigenvalue weighted by molar-refractivity contribution is 4.91. The standard InChI is InChI=1S/C16H34N2/c1-7-8-14-11-17-15(16(4,5)6)12-18(14)10-9-13(2)3/h13-15,17H,7-12H2,1-6H3. The lowest BCUT2D eigenvalue weighted by Gasteiger charge is -2.45. The van der Waals surface area contributed by atoms with Crippen LogP contribution in [0.3, 0.4) is 0 Å². The van der Waals surface area contributed by atoms with Crippen LogP contribution in [0, 0.1) is 11.3 Å². The van der Waals surface area contributed by atoms with Crippen molar-refractivity contribution < 1.29 is 0 Å². The quantitative estimate of drug-likeness (QED) is 0.807. The monoisotopic (exact) mass is 254 g/mol. The summed E-state index contributed by atoms with van der Waals surface area (Å²) in [5.41, 5.74) is 0.368. The third-order valence-electron chi connectivity index (χ3n) is 4.19. The van der Waals surface area contributed by atoms with Gasteiger partial charge >= 0.3 is 0 Å². The molecule has 18 heavy (non-hydrogen) atoms. The van der Waals surface area contributed by atoms with Gasteiger partial charge in [-0.3, -0.25) is 4.90 Å². The summed E-state index contributed by atoms with van der Waals surface area (Å²) in [4.78, 5) is 2.75. The van der Waals surface area contributed by atoms with E-state index in [4.69, 9.17) is 0 Å². The Morgan fingerprint density at radius 1 is 1.28 bits per heavy atom. The molecule has 0 bridgehead atoms. The van der Waals surface area contributed by atoms with E-state index in [-0.39, 0.29) is 0 Å². The summed E-state index contributed by atoms with van der Waals surface area (Å²) in [6, 6.07) is 1.39. The Hall–Kier alpha value is -0.0800. The first-order valence-electron chi connectivity index (χ1n) is 7.82. The molecule has 0 spiro atoms. The summed E-state index contributed by atoms with van der Waals surface area (Å²) in [7, 11) is 0. The average molecular weight is 254 g/mol. The van der Waals surface area contributed by atoms with Gasteiger partial charge in [-0.25, -0.2) is 0 Å². The van der Waals surface area contributed by atoms with Gasteiger partial charge in [0.25, 0.3) is 0 Å². The molecule has 0 aliphatic carbocycles. The predicted molar refractivity (Wildman–Crippen MR) is 81.0 cm³/mol. The molecule has 0 amide bonds. The van der Waals surface area contributed by atoms with Crippen LogP contribution < -0.4 is 5.32 Å². The molecule has 1 N–H and O–H groups in total. The van der Waals surface area contributed by atoms with Crippen LogP contribution >= 0.6 is 0 Å². The summed E-state index contributed by atoms with van der Waals surface area (Å²) in [5, 5.41) is 3.77. The fourth-order valence-electron chi connectivity index (χ4n) is 2.75. The maximum Gasteiger partial charge on any atom is 0.0244 e. The minimum atomic E-state index is 0.368. The van der Waals surface area contributed by atoms with Gasteiger partial charge in [-0.05, 0) is 30.7 Å². The van der Waals surface area contributed by atoms with E-state index >= 15 is 0 Å². The molecular formula is C16H34N2. The summed E-state index contributed by atoms with van der Waals surface area (Å²) in [6.45, 7) is 17.7. The molecule has 2 heteroatoms. The van der Waals surface area contributed by atoms with Crippen molar-refractivity contribution in [3.63, 3.8) is 0 Å². The van der Waals surface area contributed by atoms with Gasteiger partial charge < -0.3 is 5.32 Å². The minimum Gasteiger partial charge on any atom is -0.311 e. The van der Waals surface area contributed by atoms with Crippen LogP contribution in [0.25, 0.3) is 0 Å². The molecule has 0 saturated carbocycles. The van der Waals surface area contributed by atoms with Gasteiger partial charge in [0.05, 0.1) is 0 Å². The van der Waals surface area contributed by atoms with E-state index in [1.165, 1.54) is 38.9 Å². The SMILES string of the molecule is CCCC1CNC(C(C)(C)C)CN1CCC(C)C. The maximum atomic E-state index is 3.77. The average Bonchev–Trinajstić information content (AvgIpc) is 2.26. The highest BCUT2D eigenvalue weighted by Crippen LogP contribution is 2.25. The Morgan fingerprint density at radius 3 is 2.44 bits per heavy atom. The maximum absolute atomic E-state index is 3.77. The fourth-order valence-corrected chi connectivity index (χ4v) is 2.75. The van der Waals surface area contributed by atoms with Gasteiger partial charge in [0, 0.05) is 25.2 Å². The number of hydrogen-bond donors (Lipinski definition) is 1. The normalized spacial score (nSPS) is 26.8. The van der Waals surface area contributed by atoms with E-state index in [0.29, 0.717) is 11.5 Å². The van der Waals surface area contributed by atoms with E-state index in [1.54, 1.807) is 0 Å². The second-order valence-electron chi connectivity index (χ2n) is 7.45. The third-order valence-corrected chi connectivity index (χ3v) is 4.19. The Morgan fingerprint density at radius 2 is 1.94 bits per heavy atom. The molecular weight excluding hydrogens is 220 g/mol. The van der Waals surface area contributed by atoms with Gasteiger partial charge in [-0.2, -0.15) is 0 Å². The van der Waals surface area contributed by atoms with Gasteiger partial charge in [0.2, 0.25) is 0 Å². The lowest BCUT2D eigenvalue weighted by molar-refractivity contribution is 0.0771. The first-order valence-corrected chi connectivity index (χ1v) is 7.82. The summed E-state index contributed by atoms with van der Waals surface area (Å²) in [6.07, 6.45) is 3.96. The summed E-state index contributed by atoms with van der Waals surface area (Å²) >= 11 is 0. The summed E-state index contributed by atoms with van der Waals surface area (Å²) < 4.78 is 0. The van der Waals surface area contributed by atoms with Crippen LogP contribution in [0.4, 0.5) is 0 Å². The van der Waals surface area contributed by atoms with E-state index < -0.39 is 0 Å². The Labute approximate surface area is 115 Å². The lowest BCUT2D eigenvalue weighted by atomic mass is 9.84. The lowest BCUT2D eigenvalue weighted by Crippen LogP contribution is -2.60. The number of piperazine rings is 1. The molecule has 0 aromatic rings. The number of rotatable bonds is 5. The molecule has 0 radical (unpaired) electrons. The van der Waals surface area contributed by atoms with Crippen molar-refractivity contribution in [3.8, 4) is 0 Å². The van der Waals surface area contributed by atoms with Crippen molar-refractivity contribution in [1.82, 2.24) is 10.2 Å². The Balaban J connectivity index is 2.58. The molecule has 2 unspecified atom stereocenters. The van der Waals surface area contributed by atoms with Crippen molar-refractivity contribution in [2.75, 3.05) is 19.6 Å². The van der Waals surface area contributed by atoms with Gasteiger partial charge in [-0.15, -0.1) is 0 Å². The van der Waals surface area contributed by atoms with Gasteiger partial charge in [0.1, 0.15) is 0 Å². The summed E-state index contributed by atoms with van der Waals surface area (Å²) in [5.74, 6) is 0.815. The van der Waals surface area contributed by atoms with Crippen molar-refractivity contribution >= 4 is 0 Å². The zero-order valence-electron chi connectivity index (χ0n) is 13.4. The van der Waals surface area contributed by atoms with Crippen LogP contribution in [-0.4, -0.2) is 36.6 Å². The molecule has 1 fully saturated rings. The highest BCUT2D eigenvalue weighted by Gasteiger charge is 2.33. The van der Waals surface area contributed by atoms with E-state index in [2.05, 4.69) is 51.8 Å². The fraction of sp³-hybridized carbons (Fsp3) is 1.00. The van der Waals surface area contributed by atoms with Crippen LogP contribution in [0.2, 0.25) is 0 Å². The third kappa shape index (κ3) is 4.89. The van der Waals surface area contributed by atoms with Crippen LogP contribution in [-0.2, 0) is 0 Å². The van der Waals surface area contributed by atoms with Gasteiger partial charge in [0.15, 0.2) is 0 Å². The van der Waals surface area contributed by atoms with Crippen molar-refractivity contribution in [3.05, 3.63) is 0 Å². The topological polar surface area (TPSA) is 15.3 Å². The molecule has 108 valence electrons. The molecule has 2 atom stereocenters. The van der Waals surface area contributed by atoms with Crippen LogP contribution in [0.5, 0.6) is 0 Å². The predicted octanol–water partition coefficient (Wildman–Crippen LogP) is 3.52. The second kappa shape index (κ2) is 6.91. The number of hydrogen-bond acceptors (Lipinski definition) is 2. The highest BCUT2D eigenvalue weighted by atomic mass is 15.2. The molecule has 2 nitrogen and oxygen atoms in total. The smallest absolute Gasteiger partial charge is 0.0244 e. The van der Waals surface area contributed by atoms with E-state index in [0.717, 1.165) is 12.0 Å². The molecule has 0 aromatic carbocycles. The van der Waals surface area contributed by atoms with E-state index in [1.807, 2.05) is 0 Å². The number of nitrogens with zero attached hydrogens (tertiary/aromatic N) is 1. The zero-order chi connectivity index (χ0) is 13.8. The zero-order valence-corrected chi connectivity index (χ0v) is 13.4. The Bertz CT molecular complexity index is 230. The van der Waals surface area contributed by atoms with E-state index in [9.17, 15) is 0 Å². The van der Waals surface area contributed by atoms with Crippen molar-refractivity contribution in [1.29, 1.82) is 0 Å². The van der Waals surface area contributed by atoms with Crippen molar-refractivity contribution in [2.45, 2.75) is 72.9 Å². The molecule has 0 aromatic heterocycles.